The van der Waals surface area contributed by atoms with Crippen LogP contribution in [0.2, 0.25) is 0 Å². The summed E-state index contributed by atoms with van der Waals surface area (Å²) in [5, 5.41) is 15.0. The number of hydrogen-bond acceptors (Lipinski definition) is 5. The number of carbonyl (C=O) groups excluding carboxylic acids is 2. The molecule has 0 fully saturated rings. The van der Waals surface area contributed by atoms with Crippen LogP contribution in [-0.4, -0.2) is 30.1 Å². The van der Waals surface area contributed by atoms with E-state index in [9.17, 15) is 14.4 Å². The Balaban J connectivity index is 2.10. The molecule has 7 heteroatoms. The summed E-state index contributed by atoms with van der Waals surface area (Å²) in [4.78, 5) is 35.0. The Hall–Kier alpha value is -2.67. The van der Waals surface area contributed by atoms with Crippen molar-refractivity contribution in [3.8, 4) is 0 Å². The average molecular weight is 347 g/mol. The second-order valence-electron chi connectivity index (χ2n) is 5.15. The molecule has 2 aromatic rings. The number of esters is 1. The van der Waals surface area contributed by atoms with Crippen molar-refractivity contribution in [1.82, 2.24) is 0 Å². The predicted octanol–water partition coefficient (Wildman–Crippen LogP) is 3.12. The number of anilines is 1. The van der Waals surface area contributed by atoms with E-state index in [1.807, 2.05) is 6.07 Å². The van der Waals surface area contributed by atoms with Crippen molar-refractivity contribution < 1.29 is 24.2 Å². The van der Waals surface area contributed by atoms with Crippen LogP contribution < -0.4 is 5.32 Å². The summed E-state index contributed by atoms with van der Waals surface area (Å²) in [5.41, 5.74) is 1.44. The summed E-state index contributed by atoms with van der Waals surface area (Å²) >= 11 is 1.27. The molecule has 1 amide bonds. The standard InChI is InChI=1S/C17H17NO5S/c1-23-17(22)13-9-24-10-14(13)18-15(19)7-12(8-16(20)21)11-5-3-2-4-6-11/h2-6,9-10,12H,7-8H2,1H3,(H,18,19)(H,20,21)/t12-/m0/s1. The van der Waals surface area contributed by atoms with Gasteiger partial charge >= 0.3 is 11.9 Å². The molecule has 0 bridgehead atoms. The second kappa shape index (κ2) is 8.26. The van der Waals surface area contributed by atoms with Crippen molar-refractivity contribution in [2.24, 2.45) is 0 Å². The molecule has 2 N–H and O–H groups in total. The number of thiophene rings is 1. The normalized spacial score (nSPS) is 11.5. The van der Waals surface area contributed by atoms with Gasteiger partial charge in [-0.25, -0.2) is 4.79 Å². The largest absolute Gasteiger partial charge is 0.481 e. The zero-order chi connectivity index (χ0) is 17.5. The molecule has 6 nitrogen and oxygen atoms in total. The van der Waals surface area contributed by atoms with Crippen molar-refractivity contribution in [2.75, 3.05) is 12.4 Å². The lowest BCUT2D eigenvalue weighted by molar-refractivity contribution is -0.137. The number of carbonyl (C=O) groups is 3. The lowest BCUT2D eigenvalue weighted by atomic mass is 9.92. The molecule has 126 valence electrons. The number of rotatable bonds is 7. The number of benzene rings is 1. The zero-order valence-corrected chi connectivity index (χ0v) is 13.8. The highest BCUT2D eigenvalue weighted by molar-refractivity contribution is 7.08. The maximum atomic E-state index is 12.3. The minimum Gasteiger partial charge on any atom is -0.481 e. The number of amides is 1. The van der Waals surface area contributed by atoms with Gasteiger partial charge in [-0.05, 0) is 5.56 Å². The van der Waals surface area contributed by atoms with Gasteiger partial charge < -0.3 is 15.2 Å². The molecule has 0 saturated heterocycles. The van der Waals surface area contributed by atoms with E-state index in [1.54, 1.807) is 35.0 Å². The highest BCUT2D eigenvalue weighted by Gasteiger charge is 2.21. The van der Waals surface area contributed by atoms with E-state index < -0.39 is 17.9 Å². The SMILES string of the molecule is COC(=O)c1cscc1NC(=O)C[C@@H](CC(=O)O)c1ccccc1. The fourth-order valence-electron chi connectivity index (χ4n) is 2.33. The van der Waals surface area contributed by atoms with Gasteiger partial charge in [-0.3, -0.25) is 9.59 Å². The van der Waals surface area contributed by atoms with Crippen molar-refractivity contribution in [1.29, 1.82) is 0 Å². The minimum absolute atomic E-state index is 0.00672. The van der Waals surface area contributed by atoms with Crippen LogP contribution in [0.4, 0.5) is 5.69 Å². The van der Waals surface area contributed by atoms with E-state index in [-0.39, 0.29) is 24.3 Å². The van der Waals surface area contributed by atoms with Crippen LogP contribution in [0, 0.1) is 0 Å². The molecule has 0 radical (unpaired) electrons. The van der Waals surface area contributed by atoms with E-state index in [1.165, 1.54) is 18.4 Å². The summed E-state index contributed by atoms with van der Waals surface area (Å²) in [6.07, 6.45) is -0.141. The minimum atomic E-state index is -0.970. The third-order valence-corrected chi connectivity index (χ3v) is 4.21. The molecule has 0 aliphatic rings. The third-order valence-electron chi connectivity index (χ3n) is 3.47. The van der Waals surface area contributed by atoms with Crippen molar-refractivity contribution in [3.63, 3.8) is 0 Å². The summed E-state index contributed by atoms with van der Waals surface area (Å²) in [5.74, 6) is -2.29. The molecule has 0 spiro atoms. The lowest BCUT2D eigenvalue weighted by Crippen LogP contribution is -2.18. The first kappa shape index (κ1) is 17.7. The number of methoxy groups -OCH3 is 1. The Kier molecular flexibility index (Phi) is 6.08. The Morgan fingerprint density at radius 3 is 2.50 bits per heavy atom. The van der Waals surface area contributed by atoms with Gasteiger partial charge in [0.05, 0.1) is 24.8 Å². The zero-order valence-electron chi connectivity index (χ0n) is 13.0. The predicted molar refractivity (Wildman–Crippen MR) is 90.3 cm³/mol. The molecule has 0 aliphatic heterocycles. The maximum Gasteiger partial charge on any atom is 0.340 e. The van der Waals surface area contributed by atoms with Crippen LogP contribution >= 0.6 is 11.3 Å². The van der Waals surface area contributed by atoms with Crippen molar-refractivity contribution in [2.45, 2.75) is 18.8 Å². The first-order valence-corrected chi connectivity index (χ1v) is 8.16. The maximum absolute atomic E-state index is 12.3. The van der Waals surface area contributed by atoms with Crippen molar-refractivity contribution in [3.05, 3.63) is 52.2 Å². The monoisotopic (exact) mass is 347 g/mol. The van der Waals surface area contributed by atoms with E-state index >= 15 is 0 Å². The average Bonchev–Trinajstić information content (AvgIpc) is 3.02. The number of carboxylic acid groups (broad SMARTS) is 1. The first-order valence-electron chi connectivity index (χ1n) is 7.22. The smallest absolute Gasteiger partial charge is 0.340 e. The van der Waals surface area contributed by atoms with Gasteiger partial charge in [0.25, 0.3) is 0 Å². The van der Waals surface area contributed by atoms with Crippen LogP contribution in [0.3, 0.4) is 0 Å². The topological polar surface area (TPSA) is 92.7 Å². The number of aliphatic carboxylic acids is 1. The van der Waals surface area contributed by atoms with Crippen LogP contribution in [0.1, 0.15) is 34.7 Å². The summed E-state index contributed by atoms with van der Waals surface area (Å²) < 4.78 is 4.66. The number of carboxylic acids is 1. The summed E-state index contributed by atoms with van der Waals surface area (Å²) in [7, 11) is 1.27. The van der Waals surface area contributed by atoms with Gasteiger partial charge in [0, 0.05) is 23.1 Å². The van der Waals surface area contributed by atoms with Crippen LogP contribution in [0.5, 0.6) is 0 Å². The van der Waals surface area contributed by atoms with Gasteiger partial charge in [-0.2, -0.15) is 0 Å². The molecule has 1 aromatic heterocycles. The Morgan fingerprint density at radius 2 is 1.88 bits per heavy atom. The van der Waals surface area contributed by atoms with E-state index in [4.69, 9.17) is 5.11 Å². The fraction of sp³-hybridized carbons (Fsp3) is 0.235. The molecule has 2 rings (SSSR count). The highest BCUT2D eigenvalue weighted by atomic mass is 32.1. The first-order chi connectivity index (χ1) is 11.5. The van der Waals surface area contributed by atoms with Gasteiger partial charge in [0.15, 0.2) is 0 Å². The molecular formula is C17H17NO5S. The van der Waals surface area contributed by atoms with Crippen LogP contribution in [-0.2, 0) is 14.3 Å². The van der Waals surface area contributed by atoms with Crippen molar-refractivity contribution >= 4 is 34.9 Å². The second-order valence-corrected chi connectivity index (χ2v) is 5.89. The Bertz CT molecular complexity index is 726. The molecule has 1 heterocycles. The van der Waals surface area contributed by atoms with E-state index in [2.05, 4.69) is 10.1 Å². The molecular weight excluding hydrogens is 330 g/mol. The quantitative estimate of drug-likeness (QED) is 0.751. The molecule has 1 atom stereocenters. The van der Waals surface area contributed by atoms with Gasteiger partial charge in [-0.1, -0.05) is 30.3 Å². The van der Waals surface area contributed by atoms with Gasteiger partial charge in [0.2, 0.25) is 5.91 Å². The van der Waals surface area contributed by atoms with E-state index in [0.717, 1.165) is 5.56 Å². The van der Waals surface area contributed by atoms with Crippen LogP contribution in [0.15, 0.2) is 41.1 Å². The lowest BCUT2D eigenvalue weighted by Gasteiger charge is -2.15. The van der Waals surface area contributed by atoms with E-state index in [0.29, 0.717) is 5.69 Å². The van der Waals surface area contributed by atoms with Gasteiger partial charge in [0.1, 0.15) is 0 Å². The molecule has 24 heavy (non-hydrogen) atoms. The molecule has 1 aromatic carbocycles. The molecule has 0 aliphatic carbocycles. The summed E-state index contributed by atoms with van der Waals surface area (Å²) in [6, 6.07) is 9.03. The summed E-state index contributed by atoms with van der Waals surface area (Å²) in [6.45, 7) is 0. The highest BCUT2D eigenvalue weighted by Crippen LogP contribution is 2.26. The molecule has 0 saturated carbocycles. The third kappa shape index (κ3) is 4.66. The Labute approximate surface area is 143 Å². The number of nitrogens with one attached hydrogen (secondary N) is 1. The number of hydrogen-bond donors (Lipinski definition) is 2. The molecule has 0 unspecified atom stereocenters. The Morgan fingerprint density at radius 1 is 1.17 bits per heavy atom. The fourth-order valence-corrected chi connectivity index (χ4v) is 3.08. The number of ether oxygens (including phenoxy) is 1. The van der Waals surface area contributed by atoms with Crippen LogP contribution in [0.25, 0.3) is 0 Å². The van der Waals surface area contributed by atoms with Gasteiger partial charge in [-0.15, -0.1) is 11.3 Å².